The van der Waals surface area contributed by atoms with Crippen molar-refractivity contribution in [3.05, 3.63) is 26.6 Å². The molecule has 0 fully saturated rings. The number of rotatable bonds is 7. The summed E-state index contributed by atoms with van der Waals surface area (Å²) in [6.07, 6.45) is 0. The van der Waals surface area contributed by atoms with Gasteiger partial charge in [-0.3, -0.25) is 4.79 Å². The number of benzene rings is 1. The zero-order valence-electron chi connectivity index (χ0n) is 11.0. The molecule has 0 spiro atoms. The summed E-state index contributed by atoms with van der Waals surface area (Å²) in [6.45, 7) is 5.95. The molecule has 1 rings (SSSR count). The third-order valence-electron chi connectivity index (χ3n) is 2.30. The summed E-state index contributed by atoms with van der Waals surface area (Å²) in [5.41, 5.74) is 6.19. The highest BCUT2D eigenvalue weighted by molar-refractivity contribution is 9.11. The molecule has 106 valence electrons. The average molecular weight is 394 g/mol. The molecule has 0 aliphatic rings. The number of nitrogens with two attached hydrogens (primary N) is 1. The molecule has 0 heterocycles. The van der Waals surface area contributed by atoms with Crippen LogP contribution in [0.5, 0.6) is 5.75 Å². The van der Waals surface area contributed by atoms with Crippen molar-refractivity contribution in [1.29, 1.82) is 0 Å². The number of ether oxygens (including phenoxy) is 1. The van der Waals surface area contributed by atoms with Gasteiger partial charge >= 0.3 is 0 Å². The summed E-state index contributed by atoms with van der Waals surface area (Å²) >= 11 is 6.87. The van der Waals surface area contributed by atoms with E-state index in [1.165, 1.54) is 0 Å². The van der Waals surface area contributed by atoms with Crippen LogP contribution < -0.4 is 15.8 Å². The average Bonchev–Trinajstić information content (AvgIpc) is 2.26. The first-order valence-electron chi connectivity index (χ1n) is 6.00. The van der Waals surface area contributed by atoms with Crippen molar-refractivity contribution in [3.63, 3.8) is 0 Å². The molecule has 1 aromatic carbocycles. The zero-order valence-corrected chi connectivity index (χ0v) is 14.2. The van der Waals surface area contributed by atoms with Gasteiger partial charge in [0.15, 0.2) is 6.61 Å². The van der Waals surface area contributed by atoms with Crippen LogP contribution in [0.2, 0.25) is 0 Å². The molecule has 0 bridgehead atoms. The Bertz CT molecular complexity index is 427. The van der Waals surface area contributed by atoms with Crippen LogP contribution in [0.25, 0.3) is 0 Å². The molecule has 19 heavy (non-hydrogen) atoms. The predicted octanol–water partition coefficient (Wildman–Crippen LogP) is 2.82. The lowest BCUT2D eigenvalue weighted by molar-refractivity contribution is -0.119. The summed E-state index contributed by atoms with van der Waals surface area (Å²) < 4.78 is 6.93. The molecule has 0 saturated heterocycles. The number of halogens is 2. The van der Waals surface area contributed by atoms with Crippen molar-refractivity contribution in [2.24, 2.45) is 11.7 Å². The van der Waals surface area contributed by atoms with Gasteiger partial charge in [0.25, 0.3) is 5.91 Å². The van der Waals surface area contributed by atoms with Crippen LogP contribution in [0.15, 0.2) is 21.1 Å². The molecular weight excluding hydrogens is 376 g/mol. The number of primary amides is 1. The van der Waals surface area contributed by atoms with Crippen molar-refractivity contribution in [3.8, 4) is 5.75 Å². The minimum atomic E-state index is -0.499. The smallest absolute Gasteiger partial charge is 0.255 e. The molecule has 0 aromatic heterocycles. The fraction of sp³-hybridized carbons (Fsp3) is 0.462. The van der Waals surface area contributed by atoms with E-state index in [1.54, 1.807) is 0 Å². The molecule has 0 saturated carbocycles. The monoisotopic (exact) mass is 392 g/mol. The van der Waals surface area contributed by atoms with Gasteiger partial charge in [-0.1, -0.05) is 13.8 Å². The second kappa shape index (κ2) is 7.87. The largest absolute Gasteiger partial charge is 0.481 e. The zero-order chi connectivity index (χ0) is 14.4. The number of hydrogen-bond donors (Lipinski definition) is 2. The first-order valence-corrected chi connectivity index (χ1v) is 7.58. The highest BCUT2D eigenvalue weighted by Crippen LogP contribution is 2.34. The maximum Gasteiger partial charge on any atom is 0.255 e. The van der Waals surface area contributed by atoms with Gasteiger partial charge < -0.3 is 15.8 Å². The molecule has 6 heteroatoms. The Morgan fingerprint density at radius 1 is 1.37 bits per heavy atom. The lowest BCUT2D eigenvalue weighted by Crippen LogP contribution is -2.20. The molecule has 0 aliphatic heterocycles. The standard InChI is InChI=1S/C13H18Br2N2O2/c1-8(2)5-17-6-9-3-10(14)13(11(15)4-9)19-7-12(16)18/h3-4,8,17H,5-7H2,1-2H3,(H2,16,18). The first kappa shape index (κ1) is 16.5. The van der Waals surface area contributed by atoms with E-state index in [9.17, 15) is 4.79 Å². The van der Waals surface area contributed by atoms with Crippen LogP contribution in [0.1, 0.15) is 19.4 Å². The number of nitrogens with one attached hydrogen (secondary N) is 1. The topological polar surface area (TPSA) is 64.3 Å². The molecule has 0 aliphatic carbocycles. The van der Waals surface area contributed by atoms with Crippen molar-refractivity contribution < 1.29 is 9.53 Å². The summed E-state index contributed by atoms with van der Waals surface area (Å²) in [4.78, 5) is 10.7. The summed E-state index contributed by atoms with van der Waals surface area (Å²) in [5, 5.41) is 3.37. The molecule has 1 amide bonds. The summed E-state index contributed by atoms with van der Waals surface area (Å²) in [5.74, 6) is 0.706. The van der Waals surface area contributed by atoms with E-state index in [2.05, 4.69) is 51.0 Å². The first-order chi connectivity index (χ1) is 8.90. The fourth-order valence-electron chi connectivity index (χ4n) is 1.50. The number of hydrogen-bond acceptors (Lipinski definition) is 3. The van der Waals surface area contributed by atoms with E-state index in [0.29, 0.717) is 11.7 Å². The number of carbonyl (C=O) groups excluding carboxylic acids is 1. The Morgan fingerprint density at radius 2 is 1.95 bits per heavy atom. The van der Waals surface area contributed by atoms with Crippen LogP contribution in [0.4, 0.5) is 0 Å². The summed E-state index contributed by atoms with van der Waals surface area (Å²) in [6, 6.07) is 3.93. The van der Waals surface area contributed by atoms with Gasteiger partial charge in [-0.2, -0.15) is 0 Å². The highest BCUT2D eigenvalue weighted by Gasteiger charge is 2.10. The Kier molecular flexibility index (Phi) is 6.82. The number of amides is 1. The van der Waals surface area contributed by atoms with Crippen LogP contribution in [-0.4, -0.2) is 19.1 Å². The Balaban J connectivity index is 2.70. The van der Waals surface area contributed by atoms with E-state index in [4.69, 9.17) is 10.5 Å². The van der Waals surface area contributed by atoms with Gasteiger partial charge in [0.1, 0.15) is 5.75 Å². The van der Waals surface area contributed by atoms with Gasteiger partial charge in [-0.25, -0.2) is 0 Å². The Labute approximate surface area is 130 Å². The molecule has 1 aromatic rings. The lowest BCUT2D eigenvalue weighted by Gasteiger charge is -2.12. The fourth-order valence-corrected chi connectivity index (χ4v) is 3.01. The third kappa shape index (κ3) is 5.93. The Morgan fingerprint density at radius 3 is 2.42 bits per heavy atom. The quantitative estimate of drug-likeness (QED) is 0.748. The SMILES string of the molecule is CC(C)CNCc1cc(Br)c(OCC(N)=O)c(Br)c1. The summed E-state index contributed by atoms with van der Waals surface area (Å²) in [7, 11) is 0. The van der Waals surface area contributed by atoms with Crippen molar-refractivity contribution in [2.45, 2.75) is 20.4 Å². The van der Waals surface area contributed by atoms with Crippen molar-refractivity contribution in [1.82, 2.24) is 5.32 Å². The van der Waals surface area contributed by atoms with Crippen molar-refractivity contribution in [2.75, 3.05) is 13.2 Å². The molecular formula is C13H18Br2N2O2. The molecule has 0 atom stereocenters. The predicted molar refractivity (Wildman–Crippen MR) is 83.1 cm³/mol. The van der Waals surface area contributed by atoms with Gasteiger partial charge in [0.2, 0.25) is 0 Å². The van der Waals surface area contributed by atoms with E-state index >= 15 is 0 Å². The van der Waals surface area contributed by atoms with Gasteiger partial charge in [-0.05, 0) is 62.0 Å². The van der Waals surface area contributed by atoms with Gasteiger partial charge in [0.05, 0.1) is 8.95 Å². The lowest BCUT2D eigenvalue weighted by atomic mass is 10.2. The van der Waals surface area contributed by atoms with Crippen LogP contribution >= 0.6 is 31.9 Å². The normalized spacial score (nSPS) is 10.8. The van der Waals surface area contributed by atoms with E-state index in [1.807, 2.05) is 12.1 Å². The van der Waals surface area contributed by atoms with Crippen LogP contribution in [0.3, 0.4) is 0 Å². The van der Waals surface area contributed by atoms with E-state index in [0.717, 1.165) is 27.6 Å². The number of carbonyl (C=O) groups is 1. The maximum atomic E-state index is 10.7. The van der Waals surface area contributed by atoms with Gasteiger partial charge in [0, 0.05) is 6.54 Å². The second-order valence-electron chi connectivity index (χ2n) is 4.67. The third-order valence-corrected chi connectivity index (χ3v) is 3.48. The van der Waals surface area contributed by atoms with Crippen molar-refractivity contribution >= 4 is 37.8 Å². The second-order valence-corrected chi connectivity index (χ2v) is 6.38. The van der Waals surface area contributed by atoms with Gasteiger partial charge in [-0.15, -0.1) is 0 Å². The molecule has 0 radical (unpaired) electrons. The molecule has 0 unspecified atom stereocenters. The van der Waals surface area contributed by atoms with Crippen LogP contribution in [-0.2, 0) is 11.3 Å². The minimum absolute atomic E-state index is 0.137. The Hall–Kier alpha value is -0.590. The molecule has 3 N–H and O–H groups in total. The minimum Gasteiger partial charge on any atom is -0.481 e. The van der Waals surface area contributed by atoms with E-state index < -0.39 is 5.91 Å². The van der Waals surface area contributed by atoms with Crippen LogP contribution in [0, 0.1) is 5.92 Å². The molecule has 4 nitrogen and oxygen atoms in total. The maximum absolute atomic E-state index is 10.7. The highest BCUT2D eigenvalue weighted by atomic mass is 79.9. The van der Waals surface area contributed by atoms with E-state index in [-0.39, 0.29) is 6.61 Å².